The van der Waals surface area contributed by atoms with Crippen molar-refractivity contribution in [1.82, 2.24) is 0 Å². The molecule has 0 heterocycles. The first-order valence-electron chi connectivity index (χ1n) is 4.65. The van der Waals surface area contributed by atoms with Crippen molar-refractivity contribution in [1.29, 1.82) is 0 Å². The number of hydrogen-bond donors (Lipinski definition) is 1. The first kappa shape index (κ1) is 12.2. The van der Waals surface area contributed by atoms with Crippen molar-refractivity contribution in [3.8, 4) is 0 Å². The maximum atomic E-state index is 13.5. The first-order chi connectivity index (χ1) is 7.36. The predicted octanol–water partition coefficient (Wildman–Crippen LogP) is 3.55. The Morgan fingerprint density at radius 1 is 1.19 bits per heavy atom. The monoisotopic (exact) mass is 313 g/mol. The van der Waals surface area contributed by atoms with E-state index in [9.17, 15) is 13.2 Å². The van der Waals surface area contributed by atoms with Gasteiger partial charge >= 0.3 is 0 Å². The van der Waals surface area contributed by atoms with Gasteiger partial charge in [0.2, 0.25) is 0 Å². The number of rotatable bonds is 2. The molecule has 1 aliphatic rings. The molecule has 1 aliphatic carbocycles. The van der Waals surface area contributed by atoms with Gasteiger partial charge in [-0.25, -0.2) is 13.2 Å². The molecule has 0 atom stereocenters. The van der Waals surface area contributed by atoms with E-state index >= 15 is 0 Å². The van der Waals surface area contributed by atoms with Crippen molar-refractivity contribution >= 4 is 27.5 Å². The lowest BCUT2D eigenvalue weighted by Crippen LogP contribution is -2.25. The van der Waals surface area contributed by atoms with E-state index in [2.05, 4.69) is 15.9 Å². The molecular formula is C10H8BrClF3N. The van der Waals surface area contributed by atoms with Gasteiger partial charge in [0.25, 0.3) is 0 Å². The summed E-state index contributed by atoms with van der Waals surface area (Å²) in [6.45, 7) is 0. The highest BCUT2D eigenvalue weighted by Crippen LogP contribution is 2.40. The molecule has 6 heteroatoms. The van der Waals surface area contributed by atoms with Crippen LogP contribution < -0.4 is 5.73 Å². The average molecular weight is 315 g/mol. The van der Waals surface area contributed by atoms with Crippen LogP contribution in [0.25, 0.3) is 0 Å². The zero-order chi connectivity index (χ0) is 12.1. The molecule has 2 rings (SSSR count). The van der Waals surface area contributed by atoms with Gasteiger partial charge in [-0.15, -0.1) is 0 Å². The standard InChI is InChI=1S/C10H8BrClF3N/c11-5-8(14)6(12)4(7(13)9(5)15)3-10(16)1-2-10/h1-3,16H2. The lowest BCUT2D eigenvalue weighted by atomic mass is 10.0. The maximum Gasteiger partial charge on any atom is 0.176 e. The van der Waals surface area contributed by atoms with E-state index in [4.69, 9.17) is 17.3 Å². The van der Waals surface area contributed by atoms with Crippen LogP contribution in [0.5, 0.6) is 0 Å². The SMILES string of the molecule is NC1(Cc2c(F)c(F)c(Br)c(F)c2Cl)CC1. The molecule has 0 aromatic heterocycles. The van der Waals surface area contributed by atoms with E-state index in [1.54, 1.807) is 0 Å². The summed E-state index contributed by atoms with van der Waals surface area (Å²) in [7, 11) is 0. The lowest BCUT2D eigenvalue weighted by Gasteiger charge is -2.13. The van der Waals surface area contributed by atoms with Crippen LogP contribution in [0.15, 0.2) is 4.47 Å². The Bertz CT molecular complexity index is 431. The molecule has 2 N–H and O–H groups in total. The van der Waals surface area contributed by atoms with E-state index in [0.717, 1.165) is 0 Å². The molecule has 1 nitrogen and oxygen atoms in total. The van der Waals surface area contributed by atoms with Crippen LogP contribution in [-0.2, 0) is 6.42 Å². The number of benzene rings is 1. The third-order valence-electron chi connectivity index (χ3n) is 2.72. The molecule has 0 bridgehead atoms. The molecule has 0 amide bonds. The molecule has 1 aromatic rings. The maximum absolute atomic E-state index is 13.5. The van der Waals surface area contributed by atoms with Gasteiger partial charge in [0.05, 0.1) is 9.50 Å². The molecule has 1 saturated carbocycles. The molecule has 1 fully saturated rings. The minimum atomic E-state index is -1.26. The molecule has 88 valence electrons. The zero-order valence-corrected chi connectivity index (χ0v) is 10.4. The minimum Gasteiger partial charge on any atom is -0.325 e. The van der Waals surface area contributed by atoms with Crippen LogP contribution in [0.2, 0.25) is 5.02 Å². The van der Waals surface area contributed by atoms with Crippen molar-refractivity contribution in [2.75, 3.05) is 0 Å². The molecule has 1 aromatic carbocycles. The van der Waals surface area contributed by atoms with Crippen LogP contribution in [0.1, 0.15) is 18.4 Å². The van der Waals surface area contributed by atoms with Crippen LogP contribution in [0.4, 0.5) is 13.2 Å². The van der Waals surface area contributed by atoms with Crippen molar-refractivity contribution in [3.05, 3.63) is 32.5 Å². The summed E-state index contributed by atoms with van der Waals surface area (Å²) in [5, 5.41) is -0.400. The highest BCUT2D eigenvalue weighted by molar-refractivity contribution is 9.10. The Kier molecular flexibility index (Phi) is 2.97. The Morgan fingerprint density at radius 2 is 1.75 bits per heavy atom. The highest BCUT2D eigenvalue weighted by atomic mass is 79.9. The van der Waals surface area contributed by atoms with Crippen molar-refractivity contribution in [2.24, 2.45) is 5.73 Å². The van der Waals surface area contributed by atoms with Crippen LogP contribution in [-0.4, -0.2) is 5.54 Å². The summed E-state index contributed by atoms with van der Waals surface area (Å²) >= 11 is 8.25. The van der Waals surface area contributed by atoms with Gasteiger partial charge in [0.1, 0.15) is 0 Å². The van der Waals surface area contributed by atoms with E-state index in [0.29, 0.717) is 12.8 Å². The summed E-state index contributed by atoms with van der Waals surface area (Å²) in [4.78, 5) is 0. The van der Waals surface area contributed by atoms with Crippen molar-refractivity contribution in [3.63, 3.8) is 0 Å². The predicted molar refractivity (Wildman–Crippen MR) is 58.9 cm³/mol. The third-order valence-corrected chi connectivity index (χ3v) is 3.81. The van der Waals surface area contributed by atoms with Crippen molar-refractivity contribution in [2.45, 2.75) is 24.8 Å². The Morgan fingerprint density at radius 3 is 2.25 bits per heavy atom. The molecule has 16 heavy (non-hydrogen) atoms. The second-order valence-electron chi connectivity index (χ2n) is 4.09. The van der Waals surface area contributed by atoms with Crippen LogP contribution >= 0.6 is 27.5 Å². The smallest absolute Gasteiger partial charge is 0.176 e. The molecule has 0 radical (unpaired) electrons. The quantitative estimate of drug-likeness (QED) is 0.655. The first-order valence-corrected chi connectivity index (χ1v) is 5.82. The number of halogens is 5. The molecular weight excluding hydrogens is 306 g/mol. The average Bonchev–Trinajstić information content (AvgIpc) is 2.98. The summed E-state index contributed by atoms with van der Waals surface area (Å²) in [5.74, 6) is -3.38. The molecule has 0 saturated heterocycles. The topological polar surface area (TPSA) is 26.0 Å². The Balaban J connectivity index is 2.51. The van der Waals surface area contributed by atoms with Gasteiger partial charge in [0, 0.05) is 11.1 Å². The highest BCUT2D eigenvalue weighted by Gasteiger charge is 2.40. The molecule has 0 unspecified atom stereocenters. The summed E-state index contributed by atoms with van der Waals surface area (Å²) in [6.07, 6.45) is 1.48. The van der Waals surface area contributed by atoms with Gasteiger partial charge in [0.15, 0.2) is 17.5 Å². The van der Waals surface area contributed by atoms with Gasteiger partial charge in [-0.2, -0.15) is 0 Å². The van der Waals surface area contributed by atoms with E-state index in [-0.39, 0.29) is 12.0 Å². The van der Waals surface area contributed by atoms with Crippen LogP contribution in [0.3, 0.4) is 0 Å². The fourth-order valence-corrected chi connectivity index (χ4v) is 2.23. The normalized spacial score (nSPS) is 17.6. The number of hydrogen-bond acceptors (Lipinski definition) is 1. The largest absolute Gasteiger partial charge is 0.325 e. The van der Waals surface area contributed by atoms with E-state index < -0.39 is 32.5 Å². The Hall–Kier alpha value is -0.260. The molecule has 0 spiro atoms. The number of nitrogens with two attached hydrogens (primary N) is 1. The Labute approximate surface area is 104 Å². The van der Waals surface area contributed by atoms with Gasteiger partial charge in [-0.3, -0.25) is 0 Å². The summed E-state index contributed by atoms with van der Waals surface area (Å²) in [5.41, 5.74) is 5.03. The van der Waals surface area contributed by atoms with Gasteiger partial charge < -0.3 is 5.73 Å². The lowest BCUT2D eigenvalue weighted by molar-refractivity contribution is 0.472. The second kappa shape index (κ2) is 3.89. The van der Waals surface area contributed by atoms with Crippen molar-refractivity contribution < 1.29 is 13.2 Å². The van der Waals surface area contributed by atoms with Gasteiger partial charge in [-0.05, 0) is 35.2 Å². The second-order valence-corrected chi connectivity index (χ2v) is 5.26. The van der Waals surface area contributed by atoms with Gasteiger partial charge in [-0.1, -0.05) is 11.6 Å². The summed E-state index contributed by atoms with van der Waals surface area (Å²) < 4.78 is 39.6. The molecule has 0 aliphatic heterocycles. The van der Waals surface area contributed by atoms with E-state index in [1.165, 1.54) is 0 Å². The minimum absolute atomic E-state index is 0.0544. The third kappa shape index (κ3) is 1.96. The van der Waals surface area contributed by atoms with Crippen LogP contribution in [0, 0.1) is 17.5 Å². The fourth-order valence-electron chi connectivity index (χ4n) is 1.49. The fraction of sp³-hybridized carbons (Fsp3) is 0.400. The summed E-state index contributed by atoms with van der Waals surface area (Å²) in [6, 6.07) is 0. The van der Waals surface area contributed by atoms with E-state index in [1.807, 2.05) is 0 Å². The zero-order valence-electron chi connectivity index (χ0n) is 8.09.